The minimum atomic E-state index is -0.293. The van der Waals surface area contributed by atoms with E-state index in [0.29, 0.717) is 23.1 Å². The molecule has 1 aromatic heterocycles. The lowest BCUT2D eigenvalue weighted by Crippen LogP contribution is -2.01. The highest BCUT2D eigenvalue weighted by Crippen LogP contribution is 2.37. The van der Waals surface area contributed by atoms with E-state index in [1.165, 1.54) is 29.5 Å². The van der Waals surface area contributed by atoms with Crippen molar-refractivity contribution in [2.24, 2.45) is 5.10 Å². The Labute approximate surface area is 154 Å². The van der Waals surface area contributed by atoms with Gasteiger partial charge in [0.1, 0.15) is 25.1 Å². The van der Waals surface area contributed by atoms with Crippen LogP contribution >= 0.6 is 11.6 Å². The van der Waals surface area contributed by atoms with Crippen LogP contribution in [0.2, 0.25) is 5.02 Å². The zero-order valence-corrected chi connectivity index (χ0v) is 14.7. The van der Waals surface area contributed by atoms with Gasteiger partial charge in [-0.15, -0.1) is 10.2 Å². The molecule has 0 aliphatic heterocycles. The summed E-state index contributed by atoms with van der Waals surface area (Å²) in [5.41, 5.74) is 1.56. The number of benzene rings is 2. The monoisotopic (exact) mass is 374 g/mol. The molecule has 0 saturated carbocycles. The molecule has 0 atom stereocenters. The molecule has 26 heavy (non-hydrogen) atoms. The van der Waals surface area contributed by atoms with Gasteiger partial charge in [-0.05, 0) is 42.3 Å². The van der Waals surface area contributed by atoms with Crippen molar-refractivity contribution < 1.29 is 13.9 Å². The van der Waals surface area contributed by atoms with Crippen molar-refractivity contribution in [2.75, 3.05) is 6.61 Å². The Balaban J connectivity index is 1.80. The van der Waals surface area contributed by atoms with Crippen molar-refractivity contribution in [1.82, 2.24) is 14.9 Å². The summed E-state index contributed by atoms with van der Waals surface area (Å²) in [7, 11) is 0. The van der Waals surface area contributed by atoms with Crippen molar-refractivity contribution in [2.45, 2.75) is 13.5 Å². The summed E-state index contributed by atoms with van der Waals surface area (Å²) in [5.74, 6) is 0.644. The molecule has 1 heterocycles. The van der Waals surface area contributed by atoms with Crippen molar-refractivity contribution in [3.8, 4) is 11.5 Å². The van der Waals surface area contributed by atoms with Crippen molar-refractivity contribution in [3.05, 3.63) is 71.0 Å². The fraction of sp³-hybridized carbons (Fsp3) is 0.167. The molecule has 134 valence electrons. The van der Waals surface area contributed by atoms with E-state index in [1.807, 2.05) is 6.92 Å². The van der Waals surface area contributed by atoms with Gasteiger partial charge < -0.3 is 9.47 Å². The van der Waals surface area contributed by atoms with Crippen LogP contribution in [0.15, 0.2) is 54.2 Å². The van der Waals surface area contributed by atoms with Gasteiger partial charge in [-0.2, -0.15) is 5.10 Å². The minimum absolute atomic E-state index is 0.244. The van der Waals surface area contributed by atoms with Crippen LogP contribution in [0.5, 0.6) is 11.5 Å². The highest BCUT2D eigenvalue weighted by molar-refractivity contribution is 6.32. The Morgan fingerprint density at radius 2 is 1.88 bits per heavy atom. The lowest BCUT2D eigenvalue weighted by Gasteiger charge is -2.14. The van der Waals surface area contributed by atoms with E-state index in [4.69, 9.17) is 21.1 Å². The summed E-state index contributed by atoms with van der Waals surface area (Å²) < 4.78 is 25.9. The molecular weight excluding hydrogens is 359 g/mol. The molecular formula is C18H16ClFN4O2. The third kappa shape index (κ3) is 4.58. The number of hydrogen-bond donors (Lipinski definition) is 0. The van der Waals surface area contributed by atoms with Gasteiger partial charge in [-0.25, -0.2) is 9.07 Å². The first-order valence-corrected chi connectivity index (χ1v) is 8.26. The largest absolute Gasteiger partial charge is 0.490 e. The van der Waals surface area contributed by atoms with E-state index in [0.717, 1.165) is 11.1 Å². The maximum absolute atomic E-state index is 13.0. The number of rotatable bonds is 7. The van der Waals surface area contributed by atoms with Crippen LogP contribution in [0.4, 0.5) is 4.39 Å². The molecule has 0 fully saturated rings. The maximum atomic E-state index is 13.0. The second-order valence-electron chi connectivity index (χ2n) is 5.26. The normalized spacial score (nSPS) is 11.0. The van der Waals surface area contributed by atoms with E-state index < -0.39 is 0 Å². The molecule has 0 saturated heterocycles. The first-order chi connectivity index (χ1) is 12.7. The van der Waals surface area contributed by atoms with Gasteiger partial charge in [-0.3, -0.25) is 0 Å². The molecule has 0 spiro atoms. The van der Waals surface area contributed by atoms with E-state index in [1.54, 1.807) is 30.5 Å². The van der Waals surface area contributed by atoms with Crippen molar-refractivity contribution >= 4 is 17.8 Å². The lowest BCUT2D eigenvalue weighted by atomic mass is 10.2. The van der Waals surface area contributed by atoms with Gasteiger partial charge in [-0.1, -0.05) is 23.7 Å². The molecule has 6 nitrogen and oxygen atoms in total. The van der Waals surface area contributed by atoms with Gasteiger partial charge in [0.25, 0.3) is 0 Å². The van der Waals surface area contributed by atoms with E-state index in [-0.39, 0.29) is 12.4 Å². The van der Waals surface area contributed by atoms with Crippen molar-refractivity contribution in [1.29, 1.82) is 0 Å². The Kier molecular flexibility index (Phi) is 5.80. The highest BCUT2D eigenvalue weighted by Gasteiger charge is 2.12. The van der Waals surface area contributed by atoms with Crippen LogP contribution in [0.1, 0.15) is 18.1 Å². The fourth-order valence-corrected chi connectivity index (χ4v) is 2.46. The Morgan fingerprint density at radius 3 is 2.58 bits per heavy atom. The van der Waals surface area contributed by atoms with Crippen LogP contribution in [0, 0.1) is 5.82 Å². The van der Waals surface area contributed by atoms with Crippen molar-refractivity contribution in [3.63, 3.8) is 0 Å². The van der Waals surface area contributed by atoms with Crippen LogP contribution in [0.25, 0.3) is 0 Å². The standard InChI is InChI=1S/C18H16ClFN4O2/c1-2-25-17-8-14(9-23-24-11-21-22-12-24)7-16(19)18(17)26-10-13-3-5-15(20)6-4-13/h3-9,11-12H,2,10H2,1H3. The second kappa shape index (κ2) is 8.44. The number of halogens is 2. The molecule has 3 aromatic rings. The summed E-state index contributed by atoms with van der Waals surface area (Å²) in [6, 6.07) is 9.58. The first kappa shape index (κ1) is 17.9. The number of nitrogens with zero attached hydrogens (tertiary/aromatic N) is 4. The topological polar surface area (TPSA) is 61.5 Å². The molecule has 0 aliphatic rings. The average Bonchev–Trinajstić information content (AvgIpc) is 3.14. The molecule has 3 rings (SSSR count). The molecule has 0 unspecified atom stereocenters. The van der Waals surface area contributed by atoms with E-state index >= 15 is 0 Å². The highest BCUT2D eigenvalue weighted by atomic mass is 35.5. The molecule has 0 amide bonds. The minimum Gasteiger partial charge on any atom is -0.490 e. The van der Waals surface area contributed by atoms with Crippen LogP contribution in [-0.4, -0.2) is 27.7 Å². The second-order valence-corrected chi connectivity index (χ2v) is 5.67. The molecule has 0 N–H and O–H groups in total. The summed E-state index contributed by atoms with van der Waals surface area (Å²) in [5, 5.41) is 11.9. The zero-order chi connectivity index (χ0) is 18.4. The third-order valence-corrected chi connectivity index (χ3v) is 3.66. The first-order valence-electron chi connectivity index (χ1n) is 7.88. The Hall–Kier alpha value is -2.93. The van der Waals surface area contributed by atoms with Crippen LogP contribution in [0.3, 0.4) is 0 Å². The van der Waals surface area contributed by atoms with Gasteiger partial charge in [0.2, 0.25) is 0 Å². The van der Waals surface area contributed by atoms with Gasteiger partial charge >= 0.3 is 0 Å². The van der Waals surface area contributed by atoms with Crippen LogP contribution in [-0.2, 0) is 6.61 Å². The molecule has 8 heteroatoms. The quantitative estimate of drug-likeness (QED) is 0.588. The summed E-state index contributed by atoms with van der Waals surface area (Å²) in [4.78, 5) is 0. The van der Waals surface area contributed by atoms with Crippen LogP contribution < -0.4 is 9.47 Å². The number of ether oxygens (including phenoxy) is 2. The summed E-state index contributed by atoms with van der Waals surface area (Å²) in [6.07, 6.45) is 4.56. The lowest BCUT2D eigenvalue weighted by molar-refractivity contribution is 0.269. The van der Waals surface area contributed by atoms with Gasteiger partial charge in [0, 0.05) is 0 Å². The average molecular weight is 375 g/mol. The zero-order valence-electron chi connectivity index (χ0n) is 14.0. The summed E-state index contributed by atoms with van der Waals surface area (Å²) in [6.45, 7) is 2.57. The Morgan fingerprint density at radius 1 is 1.15 bits per heavy atom. The summed E-state index contributed by atoms with van der Waals surface area (Å²) >= 11 is 6.36. The van der Waals surface area contributed by atoms with Gasteiger partial charge in [0.05, 0.1) is 17.8 Å². The van der Waals surface area contributed by atoms with E-state index in [9.17, 15) is 4.39 Å². The molecule has 2 aromatic carbocycles. The number of hydrogen-bond acceptors (Lipinski definition) is 5. The maximum Gasteiger partial charge on any atom is 0.180 e. The predicted octanol–water partition coefficient (Wildman–Crippen LogP) is 3.93. The molecule has 0 aliphatic carbocycles. The van der Waals surface area contributed by atoms with Gasteiger partial charge in [0.15, 0.2) is 11.5 Å². The van der Waals surface area contributed by atoms with E-state index in [2.05, 4.69) is 15.3 Å². The Bertz CT molecular complexity index is 883. The SMILES string of the molecule is CCOc1cc(C=Nn2cnnc2)cc(Cl)c1OCc1ccc(F)cc1. The molecule has 0 radical (unpaired) electrons. The smallest absolute Gasteiger partial charge is 0.180 e. The number of aromatic nitrogens is 3. The fourth-order valence-electron chi connectivity index (χ4n) is 2.19. The predicted molar refractivity (Wildman–Crippen MR) is 96.4 cm³/mol. The molecule has 0 bridgehead atoms. The third-order valence-electron chi connectivity index (χ3n) is 3.37.